The molecule has 3 nitrogen and oxygen atoms in total. The van der Waals surface area contributed by atoms with Crippen LogP contribution in [0.4, 0.5) is 0 Å². The van der Waals surface area contributed by atoms with Crippen molar-refractivity contribution in [3.63, 3.8) is 0 Å². The third-order valence-corrected chi connectivity index (χ3v) is 3.85. The summed E-state index contributed by atoms with van der Waals surface area (Å²) in [5, 5.41) is 0. The molecule has 0 heterocycles. The van der Waals surface area contributed by atoms with Gasteiger partial charge in [0.25, 0.3) is 5.91 Å². The summed E-state index contributed by atoms with van der Waals surface area (Å²) in [6, 6.07) is 15.9. The van der Waals surface area contributed by atoms with Gasteiger partial charge in [-0.05, 0) is 34.7 Å². The van der Waals surface area contributed by atoms with Gasteiger partial charge >= 0.3 is 0 Å². The first-order valence-electron chi connectivity index (χ1n) is 7.64. The fourth-order valence-electron chi connectivity index (χ4n) is 2.36. The molecule has 0 aromatic heterocycles. The van der Waals surface area contributed by atoms with Crippen molar-refractivity contribution in [3.05, 3.63) is 70.8 Å². The van der Waals surface area contributed by atoms with E-state index in [0.29, 0.717) is 24.6 Å². The highest BCUT2D eigenvalue weighted by Gasteiger charge is 2.12. The van der Waals surface area contributed by atoms with Crippen LogP contribution >= 0.6 is 12.4 Å². The molecule has 1 amide bonds. The van der Waals surface area contributed by atoms with Crippen molar-refractivity contribution in [2.75, 3.05) is 7.05 Å². The summed E-state index contributed by atoms with van der Waals surface area (Å²) in [5.41, 5.74) is 9.75. The highest BCUT2D eigenvalue weighted by molar-refractivity contribution is 5.94. The van der Waals surface area contributed by atoms with Gasteiger partial charge in [-0.15, -0.1) is 12.4 Å². The maximum Gasteiger partial charge on any atom is 0.253 e. The first-order chi connectivity index (χ1) is 10.5. The standard InChI is InChI=1S/C19H24N2O.ClH/c1-14(2)17-8-6-16(7-9-17)13-21(3)19(22)18-10-4-15(12-20)5-11-18;/h4-11,14H,12-13,20H2,1-3H3;1H. The molecule has 0 aliphatic carbocycles. The average Bonchev–Trinajstić information content (AvgIpc) is 2.54. The number of carbonyl (C=O) groups is 1. The Morgan fingerprint density at radius 2 is 1.52 bits per heavy atom. The molecule has 2 N–H and O–H groups in total. The molecule has 0 radical (unpaired) electrons. The highest BCUT2D eigenvalue weighted by atomic mass is 35.5. The summed E-state index contributed by atoms with van der Waals surface area (Å²) >= 11 is 0. The van der Waals surface area contributed by atoms with Gasteiger partial charge < -0.3 is 10.6 Å². The van der Waals surface area contributed by atoms with E-state index in [0.717, 1.165) is 11.1 Å². The molecule has 4 heteroatoms. The normalized spacial score (nSPS) is 10.3. The Morgan fingerprint density at radius 3 is 2.00 bits per heavy atom. The van der Waals surface area contributed by atoms with Crippen molar-refractivity contribution in [2.45, 2.75) is 32.9 Å². The summed E-state index contributed by atoms with van der Waals surface area (Å²) in [6.45, 7) is 5.45. The van der Waals surface area contributed by atoms with Gasteiger partial charge in [0.15, 0.2) is 0 Å². The lowest BCUT2D eigenvalue weighted by atomic mass is 10.0. The highest BCUT2D eigenvalue weighted by Crippen LogP contribution is 2.16. The Hall–Kier alpha value is -1.84. The fourth-order valence-corrected chi connectivity index (χ4v) is 2.36. The van der Waals surface area contributed by atoms with E-state index in [2.05, 4.69) is 38.1 Å². The number of amides is 1. The molecule has 2 aromatic carbocycles. The number of carbonyl (C=O) groups excluding carboxylic acids is 1. The summed E-state index contributed by atoms with van der Waals surface area (Å²) < 4.78 is 0. The van der Waals surface area contributed by atoms with Crippen LogP contribution in [0, 0.1) is 0 Å². The lowest BCUT2D eigenvalue weighted by Gasteiger charge is -2.18. The van der Waals surface area contributed by atoms with Gasteiger partial charge in [-0.3, -0.25) is 4.79 Å². The molecule has 0 saturated heterocycles. The maximum atomic E-state index is 12.4. The lowest BCUT2D eigenvalue weighted by Crippen LogP contribution is -2.26. The van der Waals surface area contributed by atoms with Crippen LogP contribution in [0.2, 0.25) is 0 Å². The lowest BCUT2D eigenvalue weighted by molar-refractivity contribution is 0.0785. The number of nitrogens with zero attached hydrogens (tertiary/aromatic N) is 1. The predicted molar refractivity (Wildman–Crippen MR) is 97.9 cm³/mol. The third-order valence-electron chi connectivity index (χ3n) is 3.85. The number of hydrogen-bond acceptors (Lipinski definition) is 2. The Kier molecular flexibility index (Phi) is 7.27. The van der Waals surface area contributed by atoms with Gasteiger partial charge in [0.05, 0.1) is 0 Å². The monoisotopic (exact) mass is 332 g/mol. The number of rotatable bonds is 5. The first kappa shape index (κ1) is 19.2. The topological polar surface area (TPSA) is 46.3 Å². The summed E-state index contributed by atoms with van der Waals surface area (Å²) in [6.07, 6.45) is 0. The van der Waals surface area contributed by atoms with Crippen LogP contribution in [0.5, 0.6) is 0 Å². The first-order valence-corrected chi connectivity index (χ1v) is 7.64. The molecule has 0 atom stereocenters. The molecule has 124 valence electrons. The van der Waals surface area contributed by atoms with Gasteiger partial charge in [-0.1, -0.05) is 50.2 Å². The third kappa shape index (κ3) is 5.08. The van der Waals surface area contributed by atoms with Crippen LogP contribution in [0.1, 0.15) is 46.8 Å². The molecule has 0 bridgehead atoms. The van der Waals surface area contributed by atoms with E-state index < -0.39 is 0 Å². The van der Waals surface area contributed by atoms with Crippen LogP contribution in [0.3, 0.4) is 0 Å². The zero-order valence-electron chi connectivity index (χ0n) is 14.0. The Bertz CT molecular complexity index is 621. The van der Waals surface area contributed by atoms with Crippen LogP contribution in [-0.2, 0) is 13.1 Å². The SMILES string of the molecule is CC(C)c1ccc(CN(C)C(=O)c2ccc(CN)cc2)cc1.Cl. The average molecular weight is 333 g/mol. The minimum atomic E-state index is 0. The van der Waals surface area contributed by atoms with Crippen molar-refractivity contribution >= 4 is 18.3 Å². The molecule has 0 fully saturated rings. The molecular weight excluding hydrogens is 308 g/mol. The second-order valence-corrected chi connectivity index (χ2v) is 5.96. The van der Waals surface area contributed by atoms with E-state index in [1.807, 2.05) is 31.3 Å². The van der Waals surface area contributed by atoms with Gasteiger partial charge in [0.2, 0.25) is 0 Å². The number of nitrogens with two attached hydrogens (primary N) is 1. The van der Waals surface area contributed by atoms with Gasteiger partial charge in [-0.25, -0.2) is 0 Å². The largest absolute Gasteiger partial charge is 0.337 e. The minimum absolute atomic E-state index is 0. The van der Waals surface area contributed by atoms with Crippen LogP contribution in [0.25, 0.3) is 0 Å². The molecule has 2 rings (SSSR count). The second-order valence-electron chi connectivity index (χ2n) is 5.96. The van der Waals surface area contributed by atoms with E-state index in [4.69, 9.17) is 5.73 Å². The molecular formula is C19H25ClN2O. The van der Waals surface area contributed by atoms with Gasteiger partial charge in [-0.2, -0.15) is 0 Å². The minimum Gasteiger partial charge on any atom is -0.337 e. The van der Waals surface area contributed by atoms with E-state index in [9.17, 15) is 4.79 Å². The zero-order valence-corrected chi connectivity index (χ0v) is 14.8. The smallest absolute Gasteiger partial charge is 0.253 e. The number of hydrogen-bond donors (Lipinski definition) is 1. The summed E-state index contributed by atoms with van der Waals surface area (Å²) in [4.78, 5) is 14.2. The van der Waals surface area contributed by atoms with E-state index in [1.165, 1.54) is 5.56 Å². The van der Waals surface area contributed by atoms with Gasteiger partial charge in [0, 0.05) is 25.7 Å². The van der Waals surface area contributed by atoms with Crippen molar-refractivity contribution < 1.29 is 4.79 Å². The van der Waals surface area contributed by atoms with Crippen molar-refractivity contribution in [2.24, 2.45) is 5.73 Å². The van der Waals surface area contributed by atoms with Gasteiger partial charge in [0.1, 0.15) is 0 Å². The van der Waals surface area contributed by atoms with E-state index >= 15 is 0 Å². The molecule has 0 aliphatic rings. The van der Waals surface area contributed by atoms with Crippen molar-refractivity contribution in [3.8, 4) is 0 Å². The summed E-state index contributed by atoms with van der Waals surface area (Å²) in [5.74, 6) is 0.547. The molecule has 0 unspecified atom stereocenters. The Balaban J connectivity index is 0.00000264. The second kappa shape index (κ2) is 8.70. The quantitative estimate of drug-likeness (QED) is 0.900. The van der Waals surface area contributed by atoms with E-state index in [1.54, 1.807) is 4.90 Å². The summed E-state index contributed by atoms with van der Waals surface area (Å²) in [7, 11) is 1.83. The zero-order chi connectivity index (χ0) is 16.1. The van der Waals surface area contributed by atoms with Crippen LogP contribution < -0.4 is 5.73 Å². The molecule has 0 spiro atoms. The van der Waals surface area contributed by atoms with Crippen LogP contribution in [0.15, 0.2) is 48.5 Å². The molecule has 2 aromatic rings. The van der Waals surface area contributed by atoms with Crippen LogP contribution in [-0.4, -0.2) is 17.9 Å². The van der Waals surface area contributed by atoms with Crippen molar-refractivity contribution in [1.29, 1.82) is 0 Å². The molecule has 23 heavy (non-hydrogen) atoms. The maximum absolute atomic E-state index is 12.4. The Labute approximate surface area is 144 Å². The van der Waals surface area contributed by atoms with Crippen molar-refractivity contribution in [1.82, 2.24) is 4.90 Å². The molecule has 0 aliphatic heterocycles. The Morgan fingerprint density at radius 1 is 1.00 bits per heavy atom. The number of halogens is 1. The number of benzene rings is 2. The fraction of sp³-hybridized carbons (Fsp3) is 0.316. The van der Waals surface area contributed by atoms with E-state index in [-0.39, 0.29) is 18.3 Å². The predicted octanol–water partition coefficient (Wildman–Crippen LogP) is 3.96. The molecule has 0 saturated carbocycles.